The Morgan fingerprint density at radius 3 is 2.34 bits per heavy atom. The Morgan fingerprint density at radius 2 is 1.69 bits per heavy atom. The normalized spacial score (nSPS) is 12.0. The summed E-state index contributed by atoms with van der Waals surface area (Å²) in [5, 5.41) is 14.1. The molecule has 2 amide bonds. The van der Waals surface area contributed by atoms with Crippen LogP contribution in [0.5, 0.6) is 0 Å². The van der Waals surface area contributed by atoms with Gasteiger partial charge in [-0.25, -0.2) is 9.78 Å². The SMILES string of the molecule is Cc1nc(NC(=O)OCC2c3ccccc3-c3ccccc32)sc1C(=O)NCCOCCC(=O)O. The van der Waals surface area contributed by atoms with Crippen LogP contribution in [-0.2, 0) is 14.3 Å². The number of benzene rings is 2. The number of fused-ring (bicyclic) bond motifs is 3. The van der Waals surface area contributed by atoms with Crippen molar-refractivity contribution in [1.29, 1.82) is 0 Å². The van der Waals surface area contributed by atoms with Gasteiger partial charge in [-0.15, -0.1) is 0 Å². The average molecular weight is 496 g/mol. The van der Waals surface area contributed by atoms with Crippen molar-refractivity contribution in [2.75, 3.05) is 31.7 Å². The molecule has 1 aliphatic rings. The summed E-state index contributed by atoms with van der Waals surface area (Å²) in [5.41, 5.74) is 5.02. The van der Waals surface area contributed by atoms with Gasteiger partial charge in [0.05, 0.1) is 25.3 Å². The highest BCUT2D eigenvalue weighted by molar-refractivity contribution is 7.17. The second-order valence-electron chi connectivity index (χ2n) is 7.90. The van der Waals surface area contributed by atoms with E-state index in [4.69, 9.17) is 14.6 Å². The number of hydrogen-bond donors (Lipinski definition) is 3. The monoisotopic (exact) mass is 495 g/mol. The fourth-order valence-electron chi connectivity index (χ4n) is 3.96. The summed E-state index contributed by atoms with van der Waals surface area (Å²) in [4.78, 5) is 40.0. The second kappa shape index (κ2) is 11.1. The fraction of sp³-hybridized carbons (Fsp3) is 0.280. The molecular weight excluding hydrogens is 470 g/mol. The van der Waals surface area contributed by atoms with Crippen LogP contribution in [0.3, 0.4) is 0 Å². The number of nitrogens with zero attached hydrogens (tertiary/aromatic N) is 1. The van der Waals surface area contributed by atoms with Crippen molar-refractivity contribution >= 4 is 34.4 Å². The summed E-state index contributed by atoms with van der Waals surface area (Å²) < 4.78 is 10.7. The summed E-state index contributed by atoms with van der Waals surface area (Å²) >= 11 is 1.05. The molecule has 0 saturated heterocycles. The van der Waals surface area contributed by atoms with Crippen LogP contribution in [0.15, 0.2) is 48.5 Å². The smallest absolute Gasteiger partial charge is 0.413 e. The number of rotatable bonds is 10. The summed E-state index contributed by atoms with van der Waals surface area (Å²) in [6.45, 7) is 2.36. The van der Waals surface area contributed by atoms with Gasteiger partial charge in [-0.2, -0.15) is 0 Å². The van der Waals surface area contributed by atoms with Gasteiger partial charge in [-0.1, -0.05) is 59.9 Å². The fourth-order valence-corrected chi connectivity index (χ4v) is 4.83. The topological polar surface area (TPSA) is 127 Å². The summed E-state index contributed by atoms with van der Waals surface area (Å²) in [6.07, 6.45) is -0.730. The van der Waals surface area contributed by atoms with Gasteiger partial charge in [0.25, 0.3) is 5.91 Å². The molecule has 0 fully saturated rings. The minimum Gasteiger partial charge on any atom is -0.481 e. The molecule has 0 atom stereocenters. The van der Waals surface area contributed by atoms with Crippen molar-refractivity contribution in [2.24, 2.45) is 0 Å². The van der Waals surface area contributed by atoms with Crippen molar-refractivity contribution < 1.29 is 29.0 Å². The minimum absolute atomic E-state index is 0.0507. The van der Waals surface area contributed by atoms with Crippen molar-refractivity contribution in [3.63, 3.8) is 0 Å². The first-order valence-corrected chi connectivity index (χ1v) is 11.9. The molecule has 0 unspecified atom stereocenters. The first kappa shape index (κ1) is 24.4. The Kier molecular flexibility index (Phi) is 7.74. The molecule has 3 N–H and O–H groups in total. The summed E-state index contributed by atoms with van der Waals surface area (Å²) in [7, 11) is 0. The van der Waals surface area contributed by atoms with Gasteiger partial charge in [0.1, 0.15) is 11.5 Å². The van der Waals surface area contributed by atoms with Crippen LogP contribution in [0, 0.1) is 6.92 Å². The highest BCUT2D eigenvalue weighted by atomic mass is 32.1. The Morgan fingerprint density at radius 1 is 1.03 bits per heavy atom. The highest BCUT2D eigenvalue weighted by Crippen LogP contribution is 2.44. The molecule has 0 radical (unpaired) electrons. The van der Waals surface area contributed by atoms with Crippen molar-refractivity contribution in [3.05, 3.63) is 70.2 Å². The summed E-state index contributed by atoms with van der Waals surface area (Å²) in [5.74, 6) is -1.33. The van der Waals surface area contributed by atoms with Gasteiger partial charge in [-0.3, -0.25) is 14.9 Å². The van der Waals surface area contributed by atoms with Crippen LogP contribution < -0.4 is 10.6 Å². The number of ether oxygens (including phenoxy) is 2. The molecule has 1 aromatic heterocycles. The number of nitrogens with one attached hydrogen (secondary N) is 2. The van der Waals surface area contributed by atoms with Crippen LogP contribution in [0.2, 0.25) is 0 Å². The van der Waals surface area contributed by atoms with E-state index < -0.39 is 12.1 Å². The Labute approximate surface area is 206 Å². The molecule has 0 aliphatic heterocycles. The molecule has 35 heavy (non-hydrogen) atoms. The molecule has 0 spiro atoms. The lowest BCUT2D eigenvalue weighted by molar-refractivity contribution is -0.138. The zero-order chi connectivity index (χ0) is 24.8. The number of carboxylic acids is 1. The van der Waals surface area contributed by atoms with E-state index in [1.807, 2.05) is 36.4 Å². The quantitative estimate of drug-likeness (QED) is 0.362. The van der Waals surface area contributed by atoms with Crippen molar-refractivity contribution in [3.8, 4) is 11.1 Å². The number of hydrogen-bond acceptors (Lipinski definition) is 7. The first-order chi connectivity index (χ1) is 16.9. The molecule has 0 bridgehead atoms. The predicted octanol–water partition coefficient (Wildman–Crippen LogP) is 4.03. The number of aryl methyl sites for hydroxylation is 1. The predicted molar refractivity (Wildman–Crippen MR) is 131 cm³/mol. The average Bonchev–Trinajstić information content (AvgIpc) is 3.37. The van der Waals surface area contributed by atoms with E-state index in [1.165, 1.54) is 0 Å². The molecule has 4 rings (SSSR count). The molecule has 3 aromatic rings. The molecule has 1 aliphatic carbocycles. The second-order valence-corrected chi connectivity index (χ2v) is 8.90. The molecule has 10 heteroatoms. The number of thiazole rings is 1. The van der Waals surface area contributed by atoms with Gasteiger partial charge in [-0.05, 0) is 29.2 Å². The first-order valence-electron chi connectivity index (χ1n) is 11.1. The van der Waals surface area contributed by atoms with Gasteiger partial charge in [0, 0.05) is 12.5 Å². The van der Waals surface area contributed by atoms with E-state index in [9.17, 15) is 14.4 Å². The Hall–Kier alpha value is -3.76. The largest absolute Gasteiger partial charge is 0.481 e. The van der Waals surface area contributed by atoms with Crippen molar-refractivity contribution in [2.45, 2.75) is 19.3 Å². The third-order valence-corrected chi connectivity index (χ3v) is 6.62. The van der Waals surface area contributed by atoms with E-state index in [1.54, 1.807) is 6.92 Å². The molecule has 182 valence electrons. The Balaban J connectivity index is 1.29. The van der Waals surface area contributed by atoms with Crippen LogP contribution in [0.1, 0.15) is 38.8 Å². The number of carbonyl (C=O) groups is 3. The minimum atomic E-state index is -0.939. The van der Waals surface area contributed by atoms with E-state index in [0.717, 1.165) is 33.6 Å². The molecule has 2 aromatic carbocycles. The van der Waals surface area contributed by atoms with Crippen LogP contribution in [0.4, 0.5) is 9.93 Å². The molecule has 1 heterocycles. The van der Waals surface area contributed by atoms with E-state index in [-0.39, 0.29) is 49.7 Å². The maximum Gasteiger partial charge on any atom is 0.413 e. The van der Waals surface area contributed by atoms with Gasteiger partial charge in [0.15, 0.2) is 5.13 Å². The number of aromatic nitrogens is 1. The number of amides is 2. The third-order valence-electron chi connectivity index (χ3n) is 5.55. The number of carbonyl (C=O) groups excluding carboxylic acids is 2. The summed E-state index contributed by atoms with van der Waals surface area (Å²) in [6, 6.07) is 16.2. The molecule has 0 saturated carbocycles. The molecule has 9 nitrogen and oxygen atoms in total. The maximum atomic E-state index is 12.5. The zero-order valence-corrected chi connectivity index (χ0v) is 19.9. The van der Waals surface area contributed by atoms with Crippen molar-refractivity contribution in [1.82, 2.24) is 10.3 Å². The van der Waals surface area contributed by atoms with E-state index >= 15 is 0 Å². The van der Waals surface area contributed by atoms with Gasteiger partial charge < -0.3 is 19.9 Å². The van der Waals surface area contributed by atoms with Crippen LogP contribution in [-0.4, -0.2) is 54.4 Å². The van der Waals surface area contributed by atoms with Gasteiger partial charge >= 0.3 is 12.1 Å². The maximum absolute atomic E-state index is 12.5. The van der Waals surface area contributed by atoms with Crippen LogP contribution >= 0.6 is 11.3 Å². The standard InChI is InChI=1S/C25H25N3O6S/c1-15-22(23(31)26-11-13-33-12-10-21(29)30)35-24(27-15)28-25(32)34-14-20-18-8-4-2-6-16(18)17-7-3-5-9-19(17)20/h2-9,20H,10-14H2,1H3,(H,26,31)(H,29,30)(H,27,28,32). The molecular formula is C25H25N3O6S. The zero-order valence-electron chi connectivity index (χ0n) is 19.1. The van der Waals surface area contributed by atoms with E-state index in [2.05, 4.69) is 27.8 Å². The lowest BCUT2D eigenvalue weighted by atomic mass is 9.98. The number of anilines is 1. The highest BCUT2D eigenvalue weighted by Gasteiger charge is 2.29. The van der Waals surface area contributed by atoms with E-state index in [0.29, 0.717) is 10.6 Å². The van der Waals surface area contributed by atoms with Crippen LogP contribution in [0.25, 0.3) is 11.1 Å². The number of aliphatic carboxylic acids is 1. The lowest BCUT2D eigenvalue weighted by Crippen LogP contribution is -2.27. The Bertz CT molecular complexity index is 1200. The lowest BCUT2D eigenvalue weighted by Gasteiger charge is -2.14. The number of carboxylic acid groups (broad SMARTS) is 1. The van der Waals surface area contributed by atoms with Gasteiger partial charge in [0.2, 0.25) is 0 Å². The third kappa shape index (κ3) is 5.84.